The molecule has 0 fully saturated rings. The van der Waals surface area contributed by atoms with Crippen molar-refractivity contribution in [3.63, 3.8) is 0 Å². The van der Waals surface area contributed by atoms with Gasteiger partial charge in [0.2, 0.25) is 5.88 Å². The molecule has 0 aliphatic heterocycles. The normalized spacial score (nSPS) is 9.89. The van der Waals surface area contributed by atoms with E-state index in [4.69, 9.17) is 27.4 Å². The lowest BCUT2D eigenvalue weighted by Crippen LogP contribution is -2.11. The number of pyridine rings is 1. The summed E-state index contributed by atoms with van der Waals surface area (Å²) in [7, 11) is 0. The molecule has 0 saturated heterocycles. The highest BCUT2D eigenvalue weighted by Gasteiger charge is 1.99. The zero-order valence-electron chi connectivity index (χ0n) is 10.3. The third kappa shape index (κ3) is 4.22. The van der Waals surface area contributed by atoms with Crippen LogP contribution in [0.25, 0.3) is 0 Å². The standard InChI is InChI=1S/C14H14N2O2S/c15-14(19)11-6-7-13(16-10-11)18-9-8-17-12-4-2-1-3-5-12/h1-7,10H,8-9H2,(H2,15,19). The smallest absolute Gasteiger partial charge is 0.213 e. The van der Waals surface area contributed by atoms with E-state index in [-0.39, 0.29) is 0 Å². The Bertz CT molecular complexity index is 529. The van der Waals surface area contributed by atoms with Crippen molar-refractivity contribution in [2.45, 2.75) is 0 Å². The van der Waals surface area contributed by atoms with Crippen molar-refractivity contribution in [2.75, 3.05) is 13.2 Å². The van der Waals surface area contributed by atoms with Crippen molar-refractivity contribution < 1.29 is 9.47 Å². The molecule has 2 N–H and O–H groups in total. The van der Waals surface area contributed by atoms with Gasteiger partial charge in [-0.1, -0.05) is 30.4 Å². The Kier molecular flexibility index (Phi) is 4.69. The van der Waals surface area contributed by atoms with E-state index in [0.717, 1.165) is 11.3 Å². The number of nitrogens with zero attached hydrogens (tertiary/aromatic N) is 1. The van der Waals surface area contributed by atoms with E-state index >= 15 is 0 Å². The summed E-state index contributed by atoms with van der Waals surface area (Å²) in [5.41, 5.74) is 6.21. The van der Waals surface area contributed by atoms with Crippen LogP contribution in [0, 0.1) is 0 Å². The average Bonchev–Trinajstić information content (AvgIpc) is 2.45. The van der Waals surface area contributed by atoms with E-state index < -0.39 is 0 Å². The van der Waals surface area contributed by atoms with Gasteiger partial charge in [-0.05, 0) is 18.2 Å². The van der Waals surface area contributed by atoms with Crippen LogP contribution in [0.1, 0.15) is 5.56 Å². The molecular formula is C14H14N2O2S. The summed E-state index contributed by atoms with van der Waals surface area (Å²) in [4.78, 5) is 4.42. The molecule has 5 heteroatoms. The summed E-state index contributed by atoms with van der Waals surface area (Å²) >= 11 is 4.84. The largest absolute Gasteiger partial charge is 0.490 e. The lowest BCUT2D eigenvalue weighted by molar-refractivity contribution is 0.212. The average molecular weight is 274 g/mol. The van der Waals surface area contributed by atoms with Crippen LogP contribution in [-0.4, -0.2) is 23.2 Å². The lowest BCUT2D eigenvalue weighted by atomic mass is 10.3. The van der Waals surface area contributed by atoms with Gasteiger partial charge in [0.05, 0.1) is 0 Å². The van der Waals surface area contributed by atoms with E-state index in [2.05, 4.69) is 4.98 Å². The Morgan fingerprint density at radius 1 is 1.05 bits per heavy atom. The van der Waals surface area contributed by atoms with Crippen LogP contribution >= 0.6 is 12.2 Å². The van der Waals surface area contributed by atoms with Crippen LogP contribution in [0.4, 0.5) is 0 Å². The highest BCUT2D eigenvalue weighted by atomic mass is 32.1. The van der Waals surface area contributed by atoms with Gasteiger partial charge >= 0.3 is 0 Å². The molecule has 0 bridgehead atoms. The third-order valence-corrected chi connectivity index (χ3v) is 2.60. The van der Waals surface area contributed by atoms with Crippen molar-refractivity contribution in [3.05, 3.63) is 54.2 Å². The monoisotopic (exact) mass is 274 g/mol. The fourth-order valence-corrected chi connectivity index (χ4v) is 1.55. The molecule has 19 heavy (non-hydrogen) atoms. The van der Waals surface area contributed by atoms with Crippen molar-refractivity contribution >= 4 is 17.2 Å². The Balaban J connectivity index is 1.75. The molecule has 98 valence electrons. The number of aromatic nitrogens is 1. The molecule has 0 spiro atoms. The number of para-hydroxylation sites is 1. The van der Waals surface area contributed by atoms with Gasteiger partial charge in [0.1, 0.15) is 24.0 Å². The van der Waals surface area contributed by atoms with Crippen LogP contribution in [0.2, 0.25) is 0 Å². The zero-order valence-corrected chi connectivity index (χ0v) is 11.1. The van der Waals surface area contributed by atoms with Gasteiger partial charge in [-0.25, -0.2) is 4.98 Å². The Morgan fingerprint density at radius 3 is 2.42 bits per heavy atom. The van der Waals surface area contributed by atoms with Crippen LogP contribution in [0.3, 0.4) is 0 Å². The van der Waals surface area contributed by atoms with E-state index in [1.54, 1.807) is 18.3 Å². The maximum Gasteiger partial charge on any atom is 0.213 e. The minimum Gasteiger partial charge on any atom is -0.490 e. The molecule has 4 nitrogen and oxygen atoms in total. The topological polar surface area (TPSA) is 57.4 Å². The molecule has 0 atom stereocenters. The number of thiocarbonyl (C=S) groups is 1. The van der Waals surface area contributed by atoms with E-state index in [0.29, 0.717) is 24.1 Å². The summed E-state index contributed by atoms with van der Waals surface area (Å²) in [5, 5.41) is 0. The fraction of sp³-hybridized carbons (Fsp3) is 0.143. The second-order valence-corrected chi connectivity index (χ2v) is 4.20. The molecule has 1 aromatic heterocycles. The Labute approximate surface area is 117 Å². The highest BCUT2D eigenvalue weighted by Crippen LogP contribution is 2.09. The predicted octanol–water partition coefficient (Wildman–Crippen LogP) is 2.17. The zero-order chi connectivity index (χ0) is 13.5. The summed E-state index contributed by atoms with van der Waals surface area (Å²) in [6.45, 7) is 0.886. The molecule has 0 amide bonds. The van der Waals surface area contributed by atoms with E-state index in [1.165, 1.54) is 0 Å². The van der Waals surface area contributed by atoms with Gasteiger partial charge in [0, 0.05) is 17.8 Å². The highest BCUT2D eigenvalue weighted by molar-refractivity contribution is 7.80. The molecule has 1 heterocycles. The second kappa shape index (κ2) is 6.70. The molecule has 0 saturated carbocycles. The van der Waals surface area contributed by atoms with Crippen LogP contribution in [0.5, 0.6) is 11.6 Å². The molecule has 2 rings (SSSR count). The molecule has 2 aromatic rings. The minimum absolute atomic E-state index is 0.325. The van der Waals surface area contributed by atoms with E-state index in [1.807, 2.05) is 30.3 Å². The Hall–Kier alpha value is -2.14. The summed E-state index contributed by atoms with van der Waals surface area (Å²) in [6.07, 6.45) is 1.59. The van der Waals surface area contributed by atoms with Gasteiger partial charge in [-0.15, -0.1) is 0 Å². The van der Waals surface area contributed by atoms with Crippen molar-refractivity contribution in [1.82, 2.24) is 4.98 Å². The van der Waals surface area contributed by atoms with E-state index in [9.17, 15) is 0 Å². The summed E-state index contributed by atoms with van der Waals surface area (Å²) in [6, 6.07) is 13.1. The first-order valence-corrected chi connectivity index (χ1v) is 6.23. The van der Waals surface area contributed by atoms with Crippen LogP contribution in [0.15, 0.2) is 48.7 Å². The minimum atomic E-state index is 0.325. The van der Waals surface area contributed by atoms with Gasteiger partial charge < -0.3 is 15.2 Å². The third-order valence-electron chi connectivity index (χ3n) is 2.37. The molecule has 0 aliphatic rings. The second-order valence-electron chi connectivity index (χ2n) is 3.76. The number of nitrogens with two attached hydrogens (primary N) is 1. The molecule has 1 aromatic carbocycles. The first-order valence-electron chi connectivity index (χ1n) is 5.82. The molecule has 0 radical (unpaired) electrons. The first-order chi connectivity index (χ1) is 9.25. The lowest BCUT2D eigenvalue weighted by Gasteiger charge is -2.07. The maximum atomic E-state index is 5.50. The molecule has 0 aliphatic carbocycles. The quantitative estimate of drug-likeness (QED) is 0.646. The number of benzene rings is 1. The van der Waals surface area contributed by atoms with Crippen molar-refractivity contribution in [2.24, 2.45) is 5.73 Å². The van der Waals surface area contributed by atoms with Crippen LogP contribution in [-0.2, 0) is 0 Å². The summed E-state index contributed by atoms with van der Waals surface area (Å²) in [5.74, 6) is 1.35. The Morgan fingerprint density at radius 2 is 1.79 bits per heavy atom. The SMILES string of the molecule is NC(=S)c1ccc(OCCOc2ccccc2)nc1. The van der Waals surface area contributed by atoms with Gasteiger partial charge in [0.25, 0.3) is 0 Å². The number of hydrogen-bond donors (Lipinski definition) is 1. The summed E-state index contributed by atoms with van der Waals surface area (Å²) < 4.78 is 10.9. The fourth-order valence-electron chi connectivity index (χ4n) is 1.43. The van der Waals surface area contributed by atoms with Crippen LogP contribution < -0.4 is 15.2 Å². The van der Waals surface area contributed by atoms with Gasteiger partial charge in [-0.3, -0.25) is 0 Å². The van der Waals surface area contributed by atoms with Gasteiger partial charge in [-0.2, -0.15) is 0 Å². The predicted molar refractivity (Wildman–Crippen MR) is 77.6 cm³/mol. The number of rotatable bonds is 6. The maximum absolute atomic E-state index is 5.50. The number of hydrogen-bond acceptors (Lipinski definition) is 4. The molecule has 0 unspecified atom stereocenters. The van der Waals surface area contributed by atoms with Gasteiger partial charge in [0.15, 0.2) is 0 Å². The first kappa shape index (κ1) is 13.3. The van der Waals surface area contributed by atoms with Crippen molar-refractivity contribution in [3.8, 4) is 11.6 Å². The molecular weight excluding hydrogens is 260 g/mol. The van der Waals surface area contributed by atoms with Crippen molar-refractivity contribution in [1.29, 1.82) is 0 Å². The number of ether oxygens (including phenoxy) is 2.